The van der Waals surface area contributed by atoms with Gasteiger partial charge in [-0.2, -0.15) is 0 Å². The molecule has 4 rings (SSSR count). The van der Waals surface area contributed by atoms with E-state index in [1.165, 1.54) is 64.2 Å². The van der Waals surface area contributed by atoms with Crippen molar-refractivity contribution >= 4 is 35.8 Å². The second-order valence-electron chi connectivity index (χ2n) is 11.3. The lowest BCUT2D eigenvalue weighted by atomic mass is 10.1. The highest BCUT2D eigenvalue weighted by molar-refractivity contribution is 6.16. The molecule has 0 spiro atoms. The van der Waals surface area contributed by atoms with E-state index >= 15 is 0 Å². The van der Waals surface area contributed by atoms with Crippen LogP contribution in [0.1, 0.15) is 41.5 Å². The molecule has 0 aromatic carbocycles. The van der Waals surface area contributed by atoms with Crippen molar-refractivity contribution < 1.29 is 76.9 Å². The molecular formula is C32H30O16. The molecule has 0 amide bonds. The van der Waals surface area contributed by atoms with E-state index in [2.05, 4.69) is 0 Å². The average molecular weight is 671 g/mol. The van der Waals surface area contributed by atoms with Gasteiger partial charge in [0.15, 0.2) is 0 Å². The highest BCUT2D eigenvalue weighted by atomic mass is 16.8. The lowest BCUT2D eigenvalue weighted by molar-refractivity contribution is -0.375. The molecule has 48 heavy (non-hydrogen) atoms. The normalized spacial score (nSPS) is 27.4. The fourth-order valence-corrected chi connectivity index (χ4v) is 4.14. The fourth-order valence-electron chi connectivity index (χ4n) is 4.14. The van der Waals surface area contributed by atoms with Crippen LogP contribution in [0.25, 0.3) is 0 Å². The Morgan fingerprint density at radius 2 is 0.729 bits per heavy atom. The van der Waals surface area contributed by atoms with Gasteiger partial charge in [0.25, 0.3) is 23.5 Å². The number of hydrogen-bond donors (Lipinski definition) is 2. The van der Waals surface area contributed by atoms with Gasteiger partial charge in [-0.15, -0.1) is 0 Å². The number of aliphatic hydroxyl groups is 2. The van der Waals surface area contributed by atoms with Gasteiger partial charge in [0.2, 0.25) is 0 Å². The molecule has 16 nitrogen and oxygen atoms in total. The molecule has 0 aromatic heterocycles. The first kappa shape index (κ1) is 34.8. The van der Waals surface area contributed by atoms with Gasteiger partial charge in [-0.1, -0.05) is 36.5 Å². The monoisotopic (exact) mass is 670 g/mol. The van der Waals surface area contributed by atoms with Crippen LogP contribution in [0, 0.1) is 0 Å². The van der Waals surface area contributed by atoms with E-state index in [4.69, 9.17) is 37.9 Å². The van der Waals surface area contributed by atoms with E-state index in [1.807, 2.05) is 0 Å². The van der Waals surface area contributed by atoms with Crippen LogP contribution < -0.4 is 0 Å². The topological polar surface area (TPSA) is 217 Å². The lowest BCUT2D eigenvalue weighted by Gasteiger charge is -2.45. The van der Waals surface area contributed by atoms with Crippen molar-refractivity contribution in [2.24, 2.45) is 0 Å². The fraction of sp³-hybridized carbons (Fsp3) is 0.312. The average Bonchev–Trinajstić information content (AvgIpc) is 2.92. The number of rotatable bonds is 7. The van der Waals surface area contributed by atoms with E-state index in [-0.39, 0.29) is 11.1 Å². The molecule has 16 heteroatoms. The van der Waals surface area contributed by atoms with Gasteiger partial charge in [-0.25, -0.2) is 28.8 Å². The van der Waals surface area contributed by atoms with Gasteiger partial charge < -0.3 is 48.1 Å². The minimum atomic E-state index is -2.30. The summed E-state index contributed by atoms with van der Waals surface area (Å²) < 4.78 is 41.2. The summed E-state index contributed by atoms with van der Waals surface area (Å²) in [6, 6.07) is 0. The quantitative estimate of drug-likeness (QED) is 0.131. The Kier molecular flexibility index (Phi) is 9.15. The van der Waals surface area contributed by atoms with E-state index < -0.39 is 82.0 Å². The maximum absolute atomic E-state index is 12.8. The Bertz CT molecular complexity index is 1560. The van der Waals surface area contributed by atoms with Crippen LogP contribution in [0.2, 0.25) is 0 Å². The van der Waals surface area contributed by atoms with Crippen molar-refractivity contribution in [1.82, 2.24) is 0 Å². The number of ether oxygens (including phenoxy) is 8. The third-order valence-corrected chi connectivity index (χ3v) is 6.61. The van der Waals surface area contributed by atoms with Crippen molar-refractivity contribution in [3.63, 3.8) is 0 Å². The van der Waals surface area contributed by atoms with Gasteiger partial charge in [0.1, 0.15) is 22.3 Å². The number of hydrogen-bond acceptors (Lipinski definition) is 16. The van der Waals surface area contributed by atoms with E-state index in [1.54, 1.807) is 0 Å². The van der Waals surface area contributed by atoms with Crippen molar-refractivity contribution in [2.45, 2.75) is 64.7 Å². The van der Waals surface area contributed by atoms with E-state index in [0.29, 0.717) is 0 Å². The third kappa shape index (κ3) is 7.32. The minimum Gasteiger partial charge on any atom is -0.480 e. The first-order chi connectivity index (χ1) is 22.3. The number of allylic oxidation sites excluding steroid dienone is 8. The van der Waals surface area contributed by atoms with E-state index in [9.17, 15) is 39.0 Å². The molecule has 2 unspecified atom stereocenters. The molecule has 0 radical (unpaired) electrons. The molecule has 4 aliphatic rings. The zero-order valence-electron chi connectivity index (χ0n) is 26.4. The van der Waals surface area contributed by atoms with Gasteiger partial charge in [-0.05, 0) is 24.3 Å². The minimum absolute atomic E-state index is 0.363. The molecule has 4 aliphatic heterocycles. The van der Waals surface area contributed by atoms with Crippen LogP contribution in [0.5, 0.6) is 0 Å². The van der Waals surface area contributed by atoms with Crippen LogP contribution in [0.3, 0.4) is 0 Å². The van der Waals surface area contributed by atoms with Crippen molar-refractivity contribution in [1.29, 1.82) is 0 Å². The summed E-state index contributed by atoms with van der Waals surface area (Å²) in [5.74, 6) is -15.1. The summed E-state index contributed by atoms with van der Waals surface area (Å²) >= 11 is 0. The molecule has 2 saturated heterocycles. The molecule has 0 aliphatic carbocycles. The molecule has 254 valence electrons. The van der Waals surface area contributed by atoms with E-state index in [0.717, 1.165) is 38.2 Å². The van der Waals surface area contributed by atoms with Crippen molar-refractivity contribution in [2.75, 3.05) is 0 Å². The summed E-state index contributed by atoms with van der Waals surface area (Å²) in [7, 11) is 0. The standard InChI is InChI=1S/C32H30O16/c1-29(2)41-21(33)17(22(34)42-29)13-9-7-11-15-19-25(37)45-31(5,46-26(19)38)32(6)47-27(39)20(28(40)48-32)16-12-8-10-14-18-23(35)43-30(3,4)44-24(18)36/h7-16,37,39H,1-6H3/b9-7+,10-8?,15-11+,16-12?. The number of aliphatic hydroxyl groups excluding tert-OH is 2. The SMILES string of the molecule is CC1(C)OC(=O)C(=CC=CC=CC2=C(O)OC(C)(C3(C)OC(=O)C(/C=C/C=C/C=C4C(=O)OC(C)(C)OC4=O)=C(O)O3)OC2=O)C(=O)O1. The molecule has 0 bridgehead atoms. The van der Waals surface area contributed by atoms with Gasteiger partial charge in [-0.3, -0.25) is 0 Å². The maximum atomic E-state index is 12.8. The molecular weight excluding hydrogens is 640 g/mol. The summed E-state index contributed by atoms with van der Waals surface area (Å²) in [6.45, 7) is 7.82. The molecule has 0 saturated carbocycles. The highest BCUT2D eigenvalue weighted by Gasteiger charge is 2.62. The second kappa shape index (κ2) is 12.6. The molecule has 2 N–H and O–H groups in total. The Morgan fingerprint density at radius 3 is 1.02 bits per heavy atom. The predicted octanol–water partition coefficient (Wildman–Crippen LogP) is 2.85. The zero-order valence-corrected chi connectivity index (χ0v) is 26.4. The third-order valence-electron chi connectivity index (χ3n) is 6.61. The summed E-state index contributed by atoms with van der Waals surface area (Å²) in [5.41, 5.74) is -1.65. The molecule has 4 heterocycles. The van der Waals surface area contributed by atoms with Gasteiger partial charge >= 0.3 is 47.4 Å². The van der Waals surface area contributed by atoms with Crippen LogP contribution in [-0.4, -0.2) is 69.2 Å². The number of carbonyl (C=O) groups is 6. The second-order valence-corrected chi connectivity index (χ2v) is 11.3. The zero-order chi connectivity index (χ0) is 35.7. The summed E-state index contributed by atoms with van der Waals surface area (Å²) in [6.07, 6.45) is 12.1. The summed E-state index contributed by atoms with van der Waals surface area (Å²) in [5, 5.41) is 21.0. The highest BCUT2D eigenvalue weighted by Crippen LogP contribution is 2.42. The molecule has 0 aromatic rings. The summed E-state index contributed by atoms with van der Waals surface area (Å²) in [4.78, 5) is 73.6. The van der Waals surface area contributed by atoms with Gasteiger partial charge in [0, 0.05) is 41.5 Å². The number of esters is 6. The number of carbonyl (C=O) groups excluding carboxylic acids is 6. The largest absolute Gasteiger partial charge is 0.480 e. The van der Waals surface area contributed by atoms with Crippen molar-refractivity contribution in [3.05, 3.63) is 94.9 Å². The Labute approximate surface area is 272 Å². The Hall–Kier alpha value is -6.06. The lowest BCUT2D eigenvalue weighted by Crippen LogP contribution is -2.61. The predicted molar refractivity (Wildman–Crippen MR) is 156 cm³/mol. The first-order valence-electron chi connectivity index (χ1n) is 14.0. The smallest absolute Gasteiger partial charge is 0.348 e. The van der Waals surface area contributed by atoms with Gasteiger partial charge in [0.05, 0.1) is 0 Å². The van der Waals surface area contributed by atoms with Crippen LogP contribution in [-0.2, 0) is 66.7 Å². The molecule has 2 fully saturated rings. The molecule has 2 atom stereocenters. The first-order valence-corrected chi connectivity index (χ1v) is 14.0. The van der Waals surface area contributed by atoms with Crippen molar-refractivity contribution in [3.8, 4) is 0 Å². The van der Waals surface area contributed by atoms with Crippen LogP contribution >= 0.6 is 0 Å². The van der Waals surface area contributed by atoms with Crippen LogP contribution in [0.4, 0.5) is 0 Å². The Morgan fingerprint density at radius 1 is 0.417 bits per heavy atom. The van der Waals surface area contributed by atoms with Crippen LogP contribution in [0.15, 0.2) is 94.9 Å². The maximum Gasteiger partial charge on any atom is 0.348 e. The Balaban J connectivity index is 1.42. The number of cyclic esters (lactones) is 6.